The van der Waals surface area contributed by atoms with Crippen molar-refractivity contribution >= 4 is 11.8 Å². The minimum atomic E-state index is -1.33. The summed E-state index contributed by atoms with van der Waals surface area (Å²) in [6, 6.07) is 7.88. The van der Waals surface area contributed by atoms with E-state index < -0.39 is 5.60 Å². The molecule has 1 heterocycles. The smallest absolute Gasteiger partial charge is 0.252 e. The average molecular weight is 288 g/mol. The number of likely N-dealkylation sites (tertiary alicyclic amines) is 1. The molecule has 0 spiro atoms. The minimum absolute atomic E-state index is 0.0193. The fourth-order valence-electron chi connectivity index (χ4n) is 3.06. The van der Waals surface area contributed by atoms with Crippen LogP contribution in [0, 0.1) is 0 Å². The molecule has 2 aliphatic rings. The quantitative estimate of drug-likeness (QED) is 0.820. The van der Waals surface area contributed by atoms with Crippen molar-refractivity contribution in [3.8, 4) is 0 Å². The van der Waals surface area contributed by atoms with Crippen LogP contribution < -0.4 is 5.32 Å². The van der Waals surface area contributed by atoms with E-state index in [4.69, 9.17) is 0 Å². The molecular formula is C16H20N2O3. The van der Waals surface area contributed by atoms with E-state index in [2.05, 4.69) is 5.32 Å². The van der Waals surface area contributed by atoms with Crippen molar-refractivity contribution in [1.82, 2.24) is 10.2 Å². The highest BCUT2D eigenvalue weighted by atomic mass is 16.3. The number of hydrogen-bond donors (Lipinski definition) is 2. The molecule has 0 radical (unpaired) electrons. The number of carbonyl (C=O) groups is 2. The van der Waals surface area contributed by atoms with Crippen LogP contribution in [0.1, 0.15) is 24.5 Å². The number of amides is 2. The lowest BCUT2D eigenvalue weighted by Gasteiger charge is -2.41. The molecule has 0 bridgehead atoms. The van der Waals surface area contributed by atoms with Crippen molar-refractivity contribution in [2.75, 3.05) is 13.1 Å². The van der Waals surface area contributed by atoms with E-state index in [1.807, 2.05) is 24.3 Å². The van der Waals surface area contributed by atoms with Crippen LogP contribution in [0.5, 0.6) is 0 Å². The summed E-state index contributed by atoms with van der Waals surface area (Å²) >= 11 is 0. The number of aryl methyl sites for hydroxylation is 1. The van der Waals surface area contributed by atoms with Gasteiger partial charge in [-0.25, -0.2) is 0 Å². The highest BCUT2D eigenvalue weighted by Crippen LogP contribution is 2.29. The fraction of sp³-hybridized carbons (Fsp3) is 0.500. The first-order valence-electron chi connectivity index (χ1n) is 7.33. The Morgan fingerprint density at radius 3 is 2.62 bits per heavy atom. The summed E-state index contributed by atoms with van der Waals surface area (Å²) in [5.74, 6) is -0.295. The van der Waals surface area contributed by atoms with Gasteiger partial charge in [0.25, 0.3) is 5.91 Å². The van der Waals surface area contributed by atoms with Crippen molar-refractivity contribution in [3.63, 3.8) is 0 Å². The second kappa shape index (κ2) is 5.15. The molecule has 0 saturated carbocycles. The molecule has 0 aromatic heterocycles. The van der Waals surface area contributed by atoms with Crippen LogP contribution in [0.4, 0.5) is 0 Å². The zero-order valence-corrected chi connectivity index (χ0v) is 12.1. The molecule has 2 amide bonds. The van der Waals surface area contributed by atoms with Crippen molar-refractivity contribution < 1.29 is 14.7 Å². The highest BCUT2D eigenvalue weighted by Gasteiger charge is 2.41. The lowest BCUT2D eigenvalue weighted by atomic mass is 9.79. The van der Waals surface area contributed by atoms with Crippen molar-refractivity contribution in [3.05, 3.63) is 35.4 Å². The zero-order chi connectivity index (χ0) is 15.0. The number of nitrogens with one attached hydrogen (secondary N) is 1. The van der Waals surface area contributed by atoms with Gasteiger partial charge in [-0.3, -0.25) is 9.59 Å². The molecule has 1 aliphatic carbocycles. The van der Waals surface area contributed by atoms with Gasteiger partial charge in [-0.1, -0.05) is 24.3 Å². The van der Waals surface area contributed by atoms with Crippen LogP contribution >= 0.6 is 0 Å². The zero-order valence-electron chi connectivity index (χ0n) is 12.1. The highest BCUT2D eigenvalue weighted by molar-refractivity contribution is 5.86. The molecule has 5 heteroatoms. The van der Waals surface area contributed by atoms with Crippen LogP contribution in [0.25, 0.3) is 0 Å². The van der Waals surface area contributed by atoms with Gasteiger partial charge in [0.1, 0.15) is 5.60 Å². The first kappa shape index (κ1) is 14.1. The van der Waals surface area contributed by atoms with Gasteiger partial charge >= 0.3 is 0 Å². The van der Waals surface area contributed by atoms with Crippen LogP contribution in [0.2, 0.25) is 0 Å². The van der Waals surface area contributed by atoms with E-state index in [-0.39, 0.29) is 17.9 Å². The van der Waals surface area contributed by atoms with Gasteiger partial charge in [0.2, 0.25) is 5.91 Å². The van der Waals surface area contributed by atoms with E-state index in [1.54, 1.807) is 4.90 Å². The molecule has 1 fully saturated rings. The van der Waals surface area contributed by atoms with Gasteiger partial charge < -0.3 is 15.3 Å². The van der Waals surface area contributed by atoms with E-state index in [9.17, 15) is 14.7 Å². The molecule has 1 aliphatic heterocycles. The molecule has 1 saturated heterocycles. The Bertz CT molecular complexity index is 581. The Labute approximate surface area is 123 Å². The van der Waals surface area contributed by atoms with Crippen LogP contribution in [0.15, 0.2) is 24.3 Å². The summed E-state index contributed by atoms with van der Waals surface area (Å²) in [5, 5.41) is 13.5. The summed E-state index contributed by atoms with van der Waals surface area (Å²) in [6.45, 7) is 2.59. The number of fused-ring (bicyclic) bond motifs is 1. The van der Waals surface area contributed by atoms with E-state index in [0.29, 0.717) is 32.4 Å². The number of carbonyl (C=O) groups excluding carboxylic acids is 2. The maximum atomic E-state index is 12.3. The average Bonchev–Trinajstić information content (AvgIpc) is 2.41. The largest absolute Gasteiger partial charge is 0.380 e. The molecular weight excluding hydrogens is 268 g/mol. The Kier molecular flexibility index (Phi) is 3.45. The maximum absolute atomic E-state index is 12.3. The van der Waals surface area contributed by atoms with E-state index in [1.165, 1.54) is 12.5 Å². The summed E-state index contributed by atoms with van der Waals surface area (Å²) in [5.41, 5.74) is 0.923. The number of nitrogens with zero attached hydrogens (tertiary/aromatic N) is 1. The molecule has 112 valence electrons. The van der Waals surface area contributed by atoms with Crippen LogP contribution in [-0.2, 0) is 22.4 Å². The van der Waals surface area contributed by atoms with Gasteiger partial charge in [-0.2, -0.15) is 0 Å². The lowest BCUT2D eigenvalue weighted by Crippen LogP contribution is -2.64. The third kappa shape index (κ3) is 2.65. The van der Waals surface area contributed by atoms with Crippen molar-refractivity contribution in [2.24, 2.45) is 0 Å². The summed E-state index contributed by atoms with van der Waals surface area (Å²) in [7, 11) is 0. The Morgan fingerprint density at radius 2 is 1.95 bits per heavy atom. The molecule has 1 unspecified atom stereocenters. The molecule has 5 nitrogen and oxygen atoms in total. The monoisotopic (exact) mass is 288 g/mol. The predicted octanol–water partition coefficient (Wildman–Crippen LogP) is 0.253. The number of hydrogen-bond acceptors (Lipinski definition) is 3. The second-order valence-electron chi connectivity index (χ2n) is 6.07. The standard InChI is InChI=1S/C16H20N2O3/c1-11(19)18-9-14(10-18)17-15(20)16(21)7-6-12-4-2-3-5-13(12)8-16/h2-5,14,21H,6-10H2,1H3,(H,17,20). The molecule has 1 aromatic carbocycles. The molecule has 21 heavy (non-hydrogen) atoms. The third-order valence-corrected chi connectivity index (χ3v) is 4.49. The molecule has 3 rings (SSSR count). The molecule has 1 aromatic rings. The van der Waals surface area contributed by atoms with Gasteiger partial charge in [0, 0.05) is 26.4 Å². The Hall–Kier alpha value is -1.88. The SMILES string of the molecule is CC(=O)N1CC(NC(=O)C2(O)CCc3ccccc3C2)C1. The van der Waals surface area contributed by atoms with Crippen LogP contribution in [-0.4, -0.2) is 46.6 Å². The number of rotatable bonds is 2. The van der Waals surface area contributed by atoms with E-state index in [0.717, 1.165) is 5.56 Å². The number of benzene rings is 1. The van der Waals surface area contributed by atoms with Gasteiger partial charge in [0.05, 0.1) is 6.04 Å². The topological polar surface area (TPSA) is 69.6 Å². The van der Waals surface area contributed by atoms with Gasteiger partial charge in [0.15, 0.2) is 0 Å². The predicted molar refractivity (Wildman–Crippen MR) is 77.6 cm³/mol. The Balaban J connectivity index is 1.62. The van der Waals surface area contributed by atoms with Gasteiger partial charge in [-0.05, 0) is 24.0 Å². The third-order valence-electron chi connectivity index (χ3n) is 4.49. The summed E-state index contributed by atoms with van der Waals surface area (Å²) in [4.78, 5) is 25.1. The maximum Gasteiger partial charge on any atom is 0.252 e. The van der Waals surface area contributed by atoms with Gasteiger partial charge in [-0.15, -0.1) is 0 Å². The first-order chi connectivity index (χ1) is 9.98. The molecule has 1 atom stereocenters. The molecule has 2 N–H and O–H groups in total. The fourth-order valence-corrected chi connectivity index (χ4v) is 3.06. The second-order valence-corrected chi connectivity index (χ2v) is 6.07. The minimum Gasteiger partial charge on any atom is -0.380 e. The lowest BCUT2D eigenvalue weighted by molar-refractivity contribution is -0.145. The van der Waals surface area contributed by atoms with Crippen molar-refractivity contribution in [2.45, 2.75) is 37.8 Å². The number of aliphatic hydroxyl groups is 1. The van der Waals surface area contributed by atoms with Crippen molar-refractivity contribution in [1.29, 1.82) is 0 Å². The van der Waals surface area contributed by atoms with E-state index >= 15 is 0 Å². The van der Waals surface area contributed by atoms with Crippen LogP contribution in [0.3, 0.4) is 0 Å². The first-order valence-corrected chi connectivity index (χ1v) is 7.33. The normalized spacial score (nSPS) is 25.0. The Morgan fingerprint density at radius 1 is 1.29 bits per heavy atom. The summed E-state index contributed by atoms with van der Waals surface area (Å²) in [6.07, 6.45) is 1.52. The summed E-state index contributed by atoms with van der Waals surface area (Å²) < 4.78 is 0.